The van der Waals surface area contributed by atoms with Crippen LogP contribution in [0.4, 0.5) is 5.69 Å². The molecule has 0 saturated carbocycles. The second-order valence-electron chi connectivity index (χ2n) is 4.61. The van der Waals surface area contributed by atoms with Gasteiger partial charge in [-0.05, 0) is 12.5 Å². The molecule has 0 aliphatic rings. The van der Waals surface area contributed by atoms with E-state index in [1.807, 2.05) is 30.3 Å². The molecular formula is C19H21FeN. The molecule has 0 heterocycles. The van der Waals surface area contributed by atoms with Crippen LogP contribution in [0.2, 0.25) is 0 Å². The predicted octanol–water partition coefficient (Wildman–Crippen LogP) is 4.84. The first kappa shape index (κ1) is 17.3. The molecule has 0 aromatic heterocycles. The molecule has 0 unspecified atom stereocenters. The largest absolute Gasteiger partial charge is 2.00 e. The Balaban J connectivity index is 0.000000313. The molecule has 0 amide bonds. The summed E-state index contributed by atoms with van der Waals surface area (Å²) in [4.78, 5) is 2.37. The van der Waals surface area contributed by atoms with E-state index in [9.17, 15) is 0 Å². The van der Waals surface area contributed by atoms with Crippen molar-refractivity contribution in [2.75, 3.05) is 11.4 Å². The molecule has 0 aliphatic carbocycles. The van der Waals surface area contributed by atoms with Crippen molar-refractivity contribution in [1.29, 1.82) is 0 Å². The molecule has 0 atom stereocenters. The average Bonchev–Trinajstić information content (AvgIpc) is 3.21. The molecule has 0 aliphatic heterocycles. The van der Waals surface area contributed by atoms with E-state index in [1.54, 1.807) is 0 Å². The first-order chi connectivity index (χ1) is 9.90. The summed E-state index contributed by atoms with van der Waals surface area (Å²) >= 11 is 0. The Morgan fingerprint density at radius 3 is 2.00 bits per heavy atom. The number of hydrogen-bond acceptors (Lipinski definition) is 1. The van der Waals surface area contributed by atoms with Crippen LogP contribution in [0.1, 0.15) is 12.5 Å². The Labute approximate surface area is 138 Å². The second-order valence-corrected chi connectivity index (χ2v) is 4.61. The van der Waals surface area contributed by atoms with Gasteiger partial charge in [0.05, 0.1) is 0 Å². The van der Waals surface area contributed by atoms with Gasteiger partial charge in [-0.2, -0.15) is 30.3 Å². The third-order valence-electron chi connectivity index (χ3n) is 3.16. The second kappa shape index (κ2) is 10.0. The fourth-order valence-corrected chi connectivity index (χ4v) is 2.08. The predicted molar refractivity (Wildman–Crippen MR) is 87.2 cm³/mol. The van der Waals surface area contributed by atoms with E-state index in [1.165, 1.54) is 11.3 Å². The molecule has 3 aromatic rings. The van der Waals surface area contributed by atoms with Gasteiger partial charge >= 0.3 is 17.1 Å². The molecule has 0 saturated heterocycles. The van der Waals surface area contributed by atoms with Gasteiger partial charge in [-0.1, -0.05) is 36.0 Å². The van der Waals surface area contributed by atoms with Crippen LogP contribution in [0.5, 0.6) is 0 Å². The summed E-state index contributed by atoms with van der Waals surface area (Å²) in [5.41, 5.74) is 2.67. The quantitative estimate of drug-likeness (QED) is 0.491. The fourth-order valence-electron chi connectivity index (χ4n) is 2.08. The van der Waals surface area contributed by atoms with Crippen LogP contribution in [-0.2, 0) is 23.6 Å². The monoisotopic (exact) mass is 319 g/mol. The van der Waals surface area contributed by atoms with Crippen LogP contribution in [-0.4, -0.2) is 6.54 Å². The Morgan fingerprint density at radius 1 is 0.905 bits per heavy atom. The molecule has 110 valence electrons. The van der Waals surface area contributed by atoms with Gasteiger partial charge in [-0.3, -0.25) is 0 Å². The standard InChI is InChI=1S/C14H16N.C5H5.Fe/c1-2-15(14-10-6-7-11-14)12-13-8-4-3-5-9-13;1-2-4-5-3-1;/h3-11H,2,12H2,1H3;1-5H;/q2*-1;+2. The van der Waals surface area contributed by atoms with Crippen molar-refractivity contribution >= 4 is 5.69 Å². The van der Waals surface area contributed by atoms with Gasteiger partial charge in [0, 0.05) is 13.1 Å². The summed E-state index contributed by atoms with van der Waals surface area (Å²) in [6.45, 7) is 4.22. The Hall–Kier alpha value is -1.76. The van der Waals surface area contributed by atoms with Crippen molar-refractivity contribution in [3.63, 3.8) is 0 Å². The molecule has 3 aromatic carbocycles. The van der Waals surface area contributed by atoms with Gasteiger partial charge < -0.3 is 4.90 Å². The zero-order valence-electron chi connectivity index (χ0n) is 12.3. The van der Waals surface area contributed by atoms with E-state index in [2.05, 4.69) is 66.4 Å². The zero-order valence-corrected chi connectivity index (χ0v) is 13.4. The van der Waals surface area contributed by atoms with Gasteiger partial charge in [0.2, 0.25) is 0 Å². The number of benzene rings is 1. The summed E-state index contributed by atoms with van der Waals surface area (Å²) in [7, 11) is 0. The van der Waals surface area contributed by atoms with E-state index in [4.69, 9.17) is 0 Å². The smallest absolute Gasteiger partial charge is 0.420 e. The third kappa shape index (κ3) is 6.03. The van der Waals surface area contributed by atoms with Crippen LogP contribution in [0.15, 0.2) is 84.9 Å². The molecule has 3 rings (SSSR count). The Bertz CT molecular complexity index is 523. The summed E-state index contributed by atoms with van der Waals surface area (Å²) in [6.07, 6.45) is 0. The van der Waals surface area contributed by atoms with Gasteiger partial charge in [-0.15, -0.1) is 0 Å². The molecule has 21 heavy (non-hydrogen) atoms. The molecule has 0 fully saturated rings. The van der Waals surface area contributed by atoms with Crippen molar-refractivity contribution in [2.24, 2.45) is 0 Å². The maximum Gasteiger partial charge on any atom is 2.00 e. The fraction of sp³-hybridized carbons (Fsp3) is 0.158. The molecule has 0 bridgehead atoms. The maximum absolute atomic E-state index is 2.37. The van der Waals surface area contributed by atoms with E-state index < -0.39 is 0 Å². The van der Waals surface area contributed by atoms with Crippen LogP contribution in [0.25, 0.3) is 0 Å². The topological polar surface area (TPSA) is 3.24 Å². The summed E-state index contributed by atoms with van der Waals surface area (Å²) in [5, 5.41) is 0. The normalized spacial score (nSPS) is 9.19. The van der Waals surface area contributed by atoms with Gasteiger partial charge in [0.1, 0.15) is 0 Å². The molecule has 0 N–H and O–H groups in total. The number of hydrogen-bond donors (Lipinski definition) is 0. The molecular weight excluding hydrogens is 298 g/mol. The van der Waals surface area contributed by atoms with Crippen LogP contribution in [0.3, 0.4) is 0 Å². The minimum absolute atomic E-state index is 0. The molecule has 0 spiro atoms. The van der Waals surface area contributed by atoms with Gasteiger partial charge in [0.25, 0.3) is 0 Å². The average molecular weight is 319 g/mol. The first-order valence-electron chi connectivity index (χ1n) is 7.07. The van der Waals surface area contributed by atoms with Crippen molar-refractivity contribution in [2.45, 2.75) is 13.5 Å². The first-order valence-corrected chi connectivity index (χ1v) is 7.07. The Morgan fingerprint density at radius 2 is 1.52 bits per heavy atom. The van der Waals surface area contributed by atoms with E-state index in [-0.39, 0.29) is 17.1 Å². The SMILES string of the molecule is CCN(Cc1ccccc1)[c-]1cccc1.[Fe+2].c1cc[cH-]c1. The van der Waals surface area contributed by atoms with E-state index in [0.29, 0.717) is 0 Å². The summed E-state index contributed by atoms with van der Waals surface area (Å²) in [5.74, 6) is 0. The maximum atomic E-state index is 2.37. The summed E-state index contributed by atoms with van der Waals surface area (Å²) < 4.78 is 0. The summed E-state index contributed by atoms with van der Waals surface area (Å²) in [6, 6.07) is 29.1. The number of nitrogens with zero attached hydrogens (tertiary/aromatic N) is 1. The van der Waals surface area contributed by atoms with E-state index >= 15 is 0 Å². The number of anilines is 1. The molecule has 1 nitrogen and oxygen atoms in total. The minimum Gasteiger partial charge on any atom is -0.420 e. The van der Waals surface area contributed by atoms with Gasteiger partial charge in [0.15, 0.2) is 0 Å². The molecule has 0 radical (unpaired) electrons. The zero-order chi connectivity index (χ0) is 14.0. The third-order valence-corrected chi connectivity index (χ3v) is 3.16. The minimum atomic E-state index is 0. The van der Waals surface area contributed by atoms with Crippen LogP contribution in [0, 0.1) is 0 Å². The van der Waals surface area contributed by atoms with Crippen LogP contribution < -0.4 is 4.90 Å². The Kier molecular flexibility index (Phi) is 8.26. The molecule has 2 heteroatoms. The number of rotatable bonds is 4. The van der Waals surface area contributed by atoms with Crippen molar-refractivity contribution in [3.05, 3.63) is 90.5 Å². The van der Waals surface area contributed by atoms with Crippen molar-refractivity contribution in [1.82, 2.24) is 0 Å². The van der Waals surface area contributed by atoms with Gasteiger partial charge in [-0.25, -0.2) is 24.3 Å². The van der Waals surface area contributed by atoms with Crippen molar-refractivity contribution < 1.29 is 17.1 Å². The van der Waals surface area contributed by atoms with E-state index in [0.717, 1.165) is 13.1 Å². The van der Waals surface area contributed by atoms with Crippen LogP contribution >= 0.6 is 0 Å². The van der Waals surface area contributed by atoms with Crippen molar-refractivity contribution in [3.8, 4) is 0 Å².